The van der Waals surface area contributed by atoms with Crippen molar-refractivity contribution in [3.63, 3.8) is 0 Å². The number of amides is 1. The maximum absolute atomic E-state index is 12.9. The molecule has 0 radical (unpaired) electrons. The van der Waals surface area contributed by atoms with E-state index in [4.69, 9.17) is 10.00 Å². The number of nitriles is 1. The Morgan fingerprint density at radius 2 is 2.04 bits per heavy atom. The summed E-state index contributed by atoms with van der Waals surface area (Å²) in [5.74, 6) is 0.145. The average Bonchev–Trinajstić information content (AvgIpc) is 3.06. The van der Waals surface area contributed by atoms with E-state index in [-0.39, 0.29) is 11.4 Å². The summed E-state index contributed by atoms with van der Waals surface area (Å²) in [6.45, 7) is 5.77. The molecule has 136 valence electrons. The van der Waals surface area contributed by atoms with Crippen molar-refractivity contribution >= 4 is 15.9 Å². The minimum Gasteiger partial charge on any atom is -0.494 e. The number of nitrogens with zero attached hydrogens (tertiary/aromatic N) is 2. The summed E-state index contributed by atoms with van der Waals surface area (Å²) in [6.07, 6.45) is 1.03. The van der Waals surface area contributed by atoms with Gasteiger partial charge in [-0.05, 0) is 57.9 Å². The third kappa shape index (κ3) is 4.30. The van der Waals surface area contributed by atoms with E-state index in [1.807, 2.05) is 13.0 Å². The lowest BCUT2D eigenvalue weighted by molar-refractivity contribution is -0.125. The van der Waals surface area contributed by atoms with Crippen LogP contribution in [-0.2, 0) is 14.8 Å². The standard InChI is InChI=1S/C17H23N3O4S/c1-4-24-13-7-9-14(10-8-13)25(22,23)20-11-5-6-15(20)16(21)19-17(2,3)12-18/h7-10,15H,4-6,11H2,1-3H3,(H,19,21). The van der Waals surface area contributed by atoms with E-state index in [0.29, 0.717) is 25.2 Å². The van der Waals surface area contributed by atoms with E-state index in [0.717, 1.165) is 0 Å². The summed E-state index contributed by atoms with van der Waals surface area (Å²) in [5.41, 5.74) is -1.05. The number of sulfonamides is 1. The molecular formula is C17H23N3O4S. The molecule has 7 nitrogen and oxygen atoms in total. The van der Waals surface area contributed by atoms with Gasteiger partial charge >= 0.3 is 0 Å². The number of carbonyl (C=O) groups is 1. The molecule has 0 aromatic heterocycles. The fourth-order valence-corrected chi connectivity index (χ4v) is 4.38. The van der Waals surface area contributed by atoms with Gasteiger partial charge in [-0.3, -0.25) is 4.79 Å². The molecule has 1 N–H and O–H groups in total. The van der Waals surface area contributed by atoms with Gasteiger partial charge in [0.2, 0.25) is 15.9 Å². The molecule has 1 amide bonds. The van der Waals surface area contributed by atoms with Crippen LogP contribution in [0.25, 0.3) is 0 Å². The Kier molecular flexibility index (Phi) is 5.70. The Labute approximate surface area is 148 Å². The van der Waals surface area contributed by atoms with Gasteiger partial charge in [-0.2, -0.15) is 9.57 Å². The van der Waals surface area contributed by atoms with Crippen LogP contribution in [0.1, 0.15) is 33.6 Å². The van der Waals surface area contributed by atoms with Crippen molar-refractivity contribution in [2.45, 2.75) is 50.1 Å². The zero-order valence-corrected chi connectivity index (χ0v) is 15.5. The molecule has 1 aromatic rings. The summed E-state index contributed by atoms with van der Waals surface area (Å²) in [7, 11) is -3.79. The van der Waals surface area contributed by atoms with Gasteiger partial charge in [0.25, 0.3) is 0 Å². The van der Waals surface area contributed by atoms with Crippen molar-refractivity contribution in [3.8, 4) is 11.8 Å². The highest BCUT2D eigenvalue weighted by Gasteiger charge is 2.40. The number of ether oxygens (including phenoxy) is 1. The predicted octanol–water partition coefficient (Wildman–Crippen LogP) is 1.66. The molecule has 1 heterocycles. The maximum Gasteiger partial charge on any atom is 0.243 e. The first-order valence-corrected chi connectivity index (χ1v) is 9.63. The molecule has 0 aliphatic carbocycles. The Balaban J connectivity index is 2.22. The molecule has 25 heavy (non-hydrogen) atoms. The monoisotopic (exact) mass is 365 g/mol. The quantitative estimate of drug-likeness (QED) is 0.826. The van der Waals surface area contributed by atoms with Gasteiger partial charge in [-0.25, -0.2) is 8.42 Å². The normalized spacial score (nSPS) is 18.6. The summed E-state index contributed by atoms with van der Waals surface area (Å²) < 4.78 is 32.3. The third-order valence-corrected chi connectivity index (χ3v) is 5.89. The lowest BCUT2D eigenvalue weighted by Crippen LogP contribution is -2.51. The zero-order chi connectivity index (χ0) is 18.7. The highest BCUT2D eigenvalue weighted by molar-refractivity contribution is 7.89. The van der Waals surface area contributed by atoms with E-state index in [1.54, 1.807) is 26.0 Å². The van der Waals surface area contributed by atoms with Crippen molar-refractivity contribution in [2.75, 3.05) is 13.2 Å². The van der Waals surface area contributed by atoms with Gasteiger partial charge < -0.3 is 10.1 Å². The van der Waals surface area contributed by atoms with Crippen molar-refractivity contribution in [2.24, 2.45) is 0 Å². The number of hydrogen-bond donors (Lipinski definition) is 1. The third-order valence-electron chi connectivity index (χ3n) is 3.96. The number of carbonyl (C=O) groups excluding carboxylic acids is 1. The largest absolute Gasteiger partial charge is 0.494 e. The molecule has 1 atom stereocenters. The molecule has 0 saturated carbocycles. The second-order valence-electron chi connectivity index (χ2n) is 6.40. The van der Waals surface area contributed by atoms with Crippen LogP contribution in [-0.4, -0.2) is 43.4 Å². The molecule has 1 fully saturated rings. The minimum absolute atomic E-state index is 0.121. The maximum atomic E-state index is 12.9. The van der Waals surface area contributed by atoms with E-state index in [2.05, 4.69) is 5.32 Å². The number of rotatable bonds is 6. The van der Waals surface area contributed by atoms with E-state index < -0.39 is 27.5 Å². The molecule has 8 heteroatoms. The van der Waals surface area contributed by atoms with Crippen molar-refractivity contribution in [1.82, 2.24) is 9.62 Å². The fraction of sp³-hybridized carbons (Fsp3) is 0.529. The lowest BCUT2D eigenvalue weighted by atomic mass is 10.1. The second kappa shape index (κ2) is 7.42. The minimum atomic E-state index is -3.79. The lowest BCUT2D eigenvalue weighted by Gasteiger charge is -2.26. The van der Waals surface area contributed by atoms with E-state index in [9.17, 15) is 13.2 Å². The molecule has 0 spiro atoms. The van der Waals surface area contributed by atoms with Crippen LogP contribution >= 0.6 is 0 Å². The SMILES string of the molecule is CCOc1ccc(S(=O)(=O)N2CCCC2C(=O)NC(C)(C)C#N)cc1. The van der Waals surface area contributed by atoms with Gasteiger partial charge in [-0.15, -0.1) is 0 Å². The van der Waals surface area contributed by atoms with Crippen molar-refractivity contribution in [1.29, 1.82) is 5.26 Å². The van der Waals surface area contributed by atoms with Crippen LogP contribution in [0, 0.1) is 11.3 Å². The van der Waals surface area contributed by atoms with E-state index >= 15 is 0 Å². The molecule has 1 aliphatic rings. The highest BCUT2D eigenvalue weighted by atomic mass is 32.2. The number of nitrogens with one attached hydrogen (secondary N) is 1. The van der Waals surface area contributed by atoms with Crippen LogP contribution in [0.4, 0.5) is 0 Å². The fourth-order valence-electron chi connectivity index (χ4n) is 2.72. The summed E-state index contributed by atoms with van der Waals surface area (Å²) in [4.78, 5) is 12.6. The summed E-state index contributed by atoms with van der Waals surface area (Å²) in [6, 6.07) is 7.34. The molecule has 2 rings (SSSR count). The van der Waals surface area contributed by atoms with Gasteiger partial charge in [0, 0.05) is 6.54 Å². The molecular weight excluding hydrogens is 342 g/mol. The first-order valence-electron chi connectivity index (χ1n) is 8.19. The van der Waals surface area contributed by atoms with Crippen LogP contribution in [0.5, 0.6) is 5.75 Å². The van der Waals surface area contributed by atoms with Crippen LogP contribution in [0.3, 0.4) is 0 Å². The van der Waals surface area contributed by atoms with Gasteiger partial charge in [0.05, 0.1) is 17.6 Å². The van der Waals surface area contributed by atoms with Gasteiger partial charge in [0.1, 0.15) is 17.3 Å². The molecule has 1 aliphatic heterocycles. The first-order chi connectivity index (χ1) is 11.7. The average molecular weight is 365 g/mol. The smallest absolute Gasteiger partial charge is 0.243 e. The van der Waals surface area contributed by atoms with Crippen LogP contribution < -0.4 is 10.1 Å². The van der Waals surface area contributed by atoms with E-state index in [1.165, 1.54) is 16.4 Å². The Hall–Kier alpha value is -2.11. The zero-order valence-electron chi connectivity index (χ0n) is 14.7. The predicted molar refractivity (Wildman–Crippen MR) is 92.4 cm³/mol. The van der Waals surface area contributed by atoms with Gasteiger partial charge in [-0.1, -0.05) is 0 Å². The first kappa shape index (κ1) is 19.2. The summed E-state index contributed by atoms with van der Waals surface area (Å²) >= 11 is 0. The Morgan fingerprint density at radius 1 is 1.40 bits per heavy atom. The highest BCUT2D eigenvalue weighted by Crippen LogP contribution is 2.27. The van der Waals surface area contributed by atoms with Crippen molar-refractivity contribution < 1.29 is 17.9 Å². The molecule has 1 unspecified atom stereocenters. The Morgan fingerprint density at radius 3 is 2.60 bits per heavy atom. The molecule has 1 aromatic carbocycles. The van der Waals surface area contributed by atoms with Crippen LogP contribution in [0.15, 0.2) is 29.2 Å². The topological polar surface area (TPSA) is 99.5 Å². The van der Waals surface area contributed by atoms with Crippen LogP contribution in [0.2, 0.25) is 0 Å². The van der Waals surface area contributed by atoms with Gasteiger partial charge in [0.15, 0.2) is 0 Å². The Bertz CT molecular complexity index is 766. The molecule has 1 saturated heterocycles. The molecule has 0 bridgehead atoms. The summed E-state index contributed by atoms with van der Waals surface area (Å²) in [5, 5.41) is 11.7. The van der Waals surface area contributed by atoms with Crippen molar-refractivity contribution in [3.05, 3.63) is 24.3 Å². The second-order valence-corrected chi connectivity index (χ2v) is 8.29. The number of benzene rings is 1. The number of hydrogen-bond acceptors (Lipinski definition) is 5.